The highest BCUT2D eigenvalue weighted by molar-refractivity contribution is 7.15. The number of hydrogen-bond donors (Lipinski definition) is 1. The van der Waals surface area contributed by atoms with Crippen LogP contribution in [0.15, 0.2) is 59.5 Å². The van der Waals surface area contributed by atoms with E-state index in [0.29, 0.717) is 11.6 Å². The van der Waals surface area contributed by atoms with Crippen LogP contribution in [-0.2, 0) is 0 Å². The molecule has 0 radical (unpaired) electrons. The van der Waals surface area contributed by atoms with Gasteiger partial charge in [0, 0.05) is 27.6 Å². The third-order valence-electron chi connectivity index (χ3n) is 5.58. The second-order valence-corrected chi connectivity index (χ2v) is 9.09. The van der Waals surface area contributed by atoms with Crippen molar-refractivity contribution in [3.63, 3.8) is 0 Å². The summed E-state index contributed by atoms with van der Waals surface area (Å²) in [5, 5.41) is 1.06. The van der Waals surface area contributed by atoms with Gasteiger partial charge < -0.3 is 4.98 Å². The highest BCUT2D eigenvalue weighted by Crippen LogP contribution is 2.39. The average molecular weight is 411 g/mol. The maximum atomic E-state index is 12.5. The quantitative estimate of drug-likeness (QED) is 0.429. The molecule has 0 amide bonds. The van der Waals surface area contributed by atoms with Gasteiger partial charge >= 0.3 is 0 Å². The topological polar surface area (TPSA) is 71.5 Å². The molecule has 6 heteroatoms. The van der Waals surface area contributed by atoms with Gasteiger partial charge in [0.05, 0.1) is 16.1 Å². The maximum Gasteiger partial charge on any atom is 0.253 e. The van der Waals surface area contributed by atoms with Crippen molar-refractivity contribution in [3.8, 4) is 21.8 Å². The molecule has 4 aromatic heterocycles. The minimum atomic E-state index is -0.0443. The first-order valence-electron chi connectivity index (χ1n) is 10.0. The van der Waals surface area contributed by atoms with Crippen molar-refractivity contribution in [3.05, 3.63) is 75.5 Å². The third-order valence-corrected chi connectivity index (χ3v) is 6.58. The van der Waals surface area contributed by atoms with Gasteiger partial charge in [0.25, 0.3) is 5.56 Å². The van der Waals surface area contributed by atoms with E-state index in [1.165, 1.54) is 4.88 Å². The largest absolute Gasteiger partial charge is 0.305 e. The van der Waals surface area contributed by atoms with Crippen LogP contribution in [0, 0.1) is 6.92 Å². The van der Waals surface area contributed by atoms with Crippen molar-refractivity contribution >= 4 is 33.4 Å². The number of aromatic amines is 1. The SMILES string of the molecule is Cc1ccc(-c2nc3[nH]c(=O)c(C4CC4)cc3nc2-c2ccc3ncccc3c2)s1. The molecule has 0 saturated heterocycles. The molecule has 146 valence electrons. The maximum absolute atomic E-state index is 12.5. The second kappa shape index (κ2) is 6.57. The van der Waals surface area contributed by atoms with Crippen molar-refractivity contribution in [2.24, 2.45) is 0 Å². The van der Waals surface area contributed by atoms with Gasteiger partial charge in [-0.15, -0.1) is 11.3 Å². The van der Waals surface area contributed by atoms with Gasteiger partial charge in [0.15, 0.2) is 5.65 Å². The summed E-state index contributed by atoms with van der Waals surface area (Å²) in [4.78, 5) is 32.1. The highest BCUT2D eigenvalue weighted by atomic mass is 32.1. The fourth-order valence-corrected chi connectivity index (χ4v) is 4.75. The lowest BCUT2D eigenvalue weighted by Crippen LogP contribution is -2.13. The van der Waals surface area contributed by atoms with Crippen LogP contribution in [0.2, 0.25) is 0 Å². The number of H-pyrrole nitrogens is 1. The number of nitrogens with one attached hydrogen (secondary N) is 1. The molecule has 1 aliphatic rings. The van der Waals surface area contributed by atoms with E-state index in [1.807, 2.05) is 24.3 Å². The molecule has 1 aliphatic carbocycles. The molecule has 30 heavy (non-hydrogen) atoms. The lowest BCUT2D eigenvalue weighted by Gasteiger charge is -2.10. The van der Waals surface area contributed by atoms with Crippen molar-refractivity contribution in [2.45, 2.75) is 25.7 Å². The van der Waals surface area contributed by atoms with E-state index in [9.17, 15) is 4.79 Å². The average Bonchev–Trinajstić information content (AvgIpc) is 3.52. The first-order chi connectivity index (χ1) is 14.7. The second-order valence-electron chi connectivity index (χ2n) is 7.80. The molecule has 0 spiro atoms. The summed E-state index contributed by atoms with van der Waals surface area (Å²) in [5.41, 5.74) is 5.60. The zero-order valence-corrected chi connectivity index (χ0v) is 17.2. The molecule has 6 rings (SSSR count). The van der Waals surface area contributed by atoms with E-state index >= 15 is 0 Å². The highest BCUT2D eigenvalue weighted by Gasteiger charge is 2.27. The van der Waals surface area contributed by atoms with Crippen LogP contribution in [-0.4, -0.2) is 19.9 Å². The Hall–Kier alpha value is -3.38. The molecule has 1 saturated carbocycles. The summed E-state index contributed by atoms with van der Waals surface area (Å²) >= 11 is 1.68. The molecule has 0 bridgehead atoms. The van der Waals surface area contributed by atoms with Gasteiger partial charge in [-0.3, -0.25) is 9.78 Å². The molecule has 0 unspecified atom stereocenters. The Morgan fingerprint density at radius 1 is 1.00 bits per heavy atom. The fourth-order valence-electron chi connectivity index (χ4n) is 3.89. The van der Waals surface area contributed by atoms with Gasteiger partial charge in [-0.1, -0.05) is 12.1 Å². The molecule has 1 N–H and O–H groups in total. The minimum Gasteiger partial charge on any atom is -0.305 e. The number of aryl methyl sites for hydroxylation is 1. The van der Waals surface area contributed by atoms with E-state index in [1.54, 1.807) is 17.5 Å². The normalized spacial score (nSPS) is 13.9. The van der Waals surface area contributed by atoms with Crippen molar-refractivity contribution in [2.75, 3.05) is 0 Å². The Balaban J connectivity index is 1.64. The Kier molecular flexibility index (Phi) is 3.83. The molecule has 5 nitrogen and oxygen atoms in total. The van der Waals surface area contributed by atoms with Crippen LogP contribution in [0.5, 0.6) is 0 Å². The number of thiophene rings is 1. The summed E-state index contributed by atoms with van der Waals surface area (Å²) in [6.07, 6.45) is 3.94. The van der Waals surface area contributed by atoms with Crippen LogP contribution >= 0.6 is 11.3 Å². The van der Waals surface area contributed by atoms with E-state index in [0.717, 1.165) is 56.7 Å². The van der Waals surface area contributed by atoms with Crippen LogP contribution < -0.4 is 5.56 Å². The van der Waals surface area contributed by atoms with Crippen LogP contribution in [0.3, 0.4) is 0 Å². The van der Waals surface area contributed by atoms with E-state index in [4.69, 9.17) is 9.97 Å². The van der Waals surface area contributed by atoms with Gasteiger partial charge in [-0.25, -0.2) is 9.97 Å². The smallest absolute Gasteiger partial charge is 0.253 e. The Morgan fingerprint density at radius 3 is 2.70 bits per heavy atom. The predicted octanol–water partition coefficient (Wildman–Crippen LogP) is 5.45. The number of hydrogen-bond acceptors (Lipinski definition) is 5. The van der Waals surface area contributed by atoms with Crippen LogP contribution in [0.25, 0.3) is 43.9 Å². The molecule has 1 fully saturated rings. The number of pyridine rings is 2. The summed E-state index contributed by atoms with van der Waals surface area (Å²) in [7, 11) is 0. The fraction of sp³-hybridized carbons (Fsp3) is 0.167. The number of fused-ring (bicyclic) bond motifs is 2. The summed E-state index contributed by atoms with van der Waals surface area (Å²) in [6, 6.07) is 16.2. The minimum absolute atomic E-state index is 0.0443. The molecule has 4 heterocycles. The van der Waals surface area contributed by atoms with Crippen molar-refractivity contribution in [1.29, 1.82) is 0 Å². The predicted molar refractivity (Wildman–Crippen MR) is 121 cm³/mol. The monoisotopic (exact) mass is 410 g/mol. The molecule has 0 aliphatic heterocycles. The lowest BCUT2D eigenvalue weighted by molar-refractivity contribution is 1.05. The molecular formula is C24H18N4OS. The number of rotatable bonds is 3. The van der Waals surface area contributed by atoms with Crippen LogP contribution in [0.4, 0.5) is 0 Å². The van der Waals surface area contributed by atoms with Crippen molar-refractivity contribution in [1.82, 2.24) is 19.9 Å². The Morgan fingerprint density at radius 2 is 1.90 bits per heavy atom. The summed E-state index contributed by atoms with van der Waals surface area (Å²) in [5.74, 6) is 0.356. The Bertz CT molecular complexity index is 1500. The Labute approximate surface area is 176 Å². The first kappa shape index (κ1) is 17.5. The number of nitrogens with zero attached hydrogens (tertiary/aromatic N) is 3. The van der Waals surface area contributed by atoms with E-state index in [-0.39, 0.29) is 5.56 Å². The van der Waals surface area contributed by atoms with Gasteiger partial charge in [0.1, 0.15) is 11.2 Å². The van der Waals surface area contributed by atoms with Crippen molar-refractivity contribution < 1.29 is 0 Å². The van der Waals surface area contributed by atoms with Gasteiger partial charge in [0.2, 0.25) is 0 Å². The van der Waals surface area contributed by atoms with E-state index in [2.05, 4.69) is 41.2 Å². The van der Waals surface area contributed by atoms with Gasteiger partial charge in [-0.2, -0.15) is 0 Å². The summed E-state index contributed by atoms with van der Waals surface area (Å²) < 4.78 is 0. The number of benzene rings is 1. The van der Waals surface area contributed by atoms with E-state index < -0.39 is 0 Å². The standard InChI is InChI=1S/C24H18N4OS/c1-13-4-9-20(30-13)22-21(16-7-8-18-15(11-16)3-2-10-25-18)26-19-12-17(14-5-6-14)24(29)28-23(19)27-22/h2-4,7-12,14H,5-6H2,1H3,(H,27,28,29). The molecular weight excluding hydrogens is 392 g/mol. The first-order valence-corrected chi connectivity index (χ1v) is 10.8. The molecule has 0 atom stereocenters. The van der Waals surface area contributed by atoms with Crippen LogP contribution in [0.1, 0.15) is 29.2 Å². The third kappa shape index (κ3) is 2.92. The molecule has 1 aromatic carbocycles. The number of aromatic nitrogens is 4. The molecule has 5 aromatic rings. The van der Waals surface area contributed by atoms with Gasteiger partial charge in [-0.05, 0) is 62.1 Å². The lowest BCUT2D eigenvalue weighted by atomic mass is 10.1. The zero-order chi connectivity index (χ0) is 20.2. The zero-order valence-electron chi connectivity index (χ0n) is 16.3. The summed E-state index contributed by atoms with van der Waals surface area (Å²) in [6.45, 7) is 2.08.